The molecule has 0 aliphatic rings. The first kappa shape index (κ1) is 19.8. The third-order valence-electron chi connectivity index (χ3n) is 4.26. The lowest BCUT2D eigenvalue weighted by atomic mass is 9.98. The highest BCUT2D eigenvalue weighted by atomic mass is 32.2. The van der Waals surface area contributed by atoms with Crippen LogP contribution < -0.4 is 14.8 Å². The quantitative estimate of drug-likeness (QED) is 0.635. The molecule has 0 saturated heterocycles. The molecule has 3 rings (SSSR count). The molecular weight excluding hydrogens is 381 g/mol. The van der Waals surface area contributed by atoms with Crippen LogP contribution in [0.1, 0.15) is 17.2 Å². The van der Waals surface area contributed by atoms with Crippen LogP contribution in [0.4, 0.5) is 10.2 Å². The highest BCUT2D eigenvalue weighted by Gasteiger charge is 2.17. The van der Waals surface area contributed by atoms with Crippen molar-refractivity contribution in [2.24, 2.45) is 0 Å². The zero-order chi connectivity index (χ0) is 20.1. The summed E-state index contributed by atoms with van der Waals surface area (Å²) in [5.74, 6) is 0.888. The number of rotatable bonds is 7. The molecule has 146 valence electrons. The minimum atomic E-state index is -3.56. The van der Waals surface area contributed by atoms with Crippen LogP contribution in [0.2, 0.25) is 0 Å². The number of hydrogen-bond acceptors (Lipinski definition) is 5. The maximum absolute atomic E-state index is 13.4. The van der Waals surface area contributed by atoms with Gasteiger partial charge in [-0.2, -0.15) is 0 Å². The second-order valence-corrected chi connectivity index (χ2v) is 7.88. The van der Waals surface area contributed by atoms with Gasteiger partial charge in [0.2, 0.25) is 10.0 Å². The van der Waals surface area contributed by atoms with Crippen LogP contribution in [0, 0.1) is 5.82 Å². The molecule has 0 fully saturated rings. The first-order valence-corrected chi connectivity index (χ1v) is 9.97. The number of anilines is 1. The Labute approximate surface area is 163 Å². The van der Waals surface area contributed by atoms with Crippen molar-refractivity contribution in [1.29, 1.82) is 0 Å². The van der Waals surface area contributed by atoms with E-state index in [1.54, 1.807) is 25.3 Å². The van der Waals surface area contributed by atoms with Gasteiger partial charge in [-0.3, -0.25) is 0 Å². The van der Waals surface area contributed by atoms with Crippen molar-refractivity contribution in [2.45, 2.75) is 10.9 Å². The van der Waals surface area contributed by atoms with Crippen molar-refractivity contribution >= 4 is 15.8 Å². The van der Waals surface area contributed by atoms with Crippen LogP contribution >= 0.6 is 0 Å². The fourth-order valence-corrected chi connectivity index (χ4v) is 3.38. The molecule has 0 saturated carbocycles. The summed E-state index contributed by atoms with van der Waals surface area (Å²) in [4.78, 5) is 4.28. The van der Waals surface area contributed by atoms with Gasteiger partial charge in [0, 0.05) is 6.20 Å². The molecule has 3 aromatic rings. The van der Waals surface area contributed by atoms with Crippen LogP contribution in [-0.4, -0.2) is 27.6 Å². The molecular formula is C20H20FN3O3S. The molecule has 1 atom stereocenters. The zero-order valence-corrected chi connectivity index (χ0v) is 16.2. The number of sulfonamides is 1. The summed E-state index contributed by atoms with van der Waals surface area (Å²) in [6.07, 6.45) is 1.28. The molecule has 28 heavy (non-hydrogen) atoms. The van der Waals surface area contributed by atoms with E-state index in [0.29, 0.717) is 5.82 Å². The van der Waals surface area contributed by atoms with E-state index in [9.17, 15) is 12.8 Å². The lowest BCUT2D eigenvalue weighted by Gasteiger charge is -2.21. The third kappa shape index (κ3) is 4.47. The minimum Gasteiger partial charge on any atom is -0.497 e. The summed E-state index contributed by atoms with van der Waals surface area (Å²) in [6.45, 7) is 0. The van der Waals surface area contributed by atoms with Crippen molar-refractivity contribution in [3.05, 3.63) is 83.8 Å². The van der Waals surface area contributed by atoms with Crippen LogP contribution in [-0.2, 0) is 10.0 Å². The largest absolute Gasteiger partial charge is 0.497 e. The molecule has 0 bridgehead atoms. The average Bonchev–Trinajstić information content (AvgIpc) is 2.73. The predicted octanol–water partition coefficient (Wildman–Crippen LogP) is 3.34. The molecule has 0 aliphatic heterocycles. The van der Waals surface area contributed by atoms with Gasteiger partial charge in [-0.25, -0.2) is 22.5 Å². The van der Waals surface area contributed by atoms with E-state index in [1.807, 2.05) is 24.3 Å². The van der Waals surface area contributed by atoms with E-state index >= 15 is 0 Å². The number of ether oxygens (including phenoxy) is 1. The number of methoxy groups -OCH3 is 1. The summed E-state index contributed by atoms with van der Waals surface area (Å²) < 4.78 is 44.5. The smallest absolute Gasteiger partial charge is 0.241 e. The average molecular weight is 401 g/mol. The molecule has 2 N–H and O–H groups in total. The molecule has 0 amide bonds. The van der Waals surface area contributed by atoms with Crippen molar-refractivity contribution in [3.63, 3.8) is 0 Å². The number of nitrogens with zero attached hydrogens (tertiary/aromatic N) is 1. The summed E-state index contributed by atoms with van der Waals surface area (Å²) in [6, 6.07) is 16.4. The van der Waals surface area contributed by atoms with Gasteiger partial charge in [-0.15, -0.1) is 0 Å². The van der Waals surface area contributed by atoms with Crippen LogP contribution in [0.25, 0.3) is 0 Å². The van der Waals surface area contributed by atoms with Crippen molar-refractivity contribution in [3.8, 4) is 5.75 Å². The fraction of sp³-hybridized carbons (Fsp3) is 0.150. The topological polar surface area (TPSA) is 80.3 Å². The number of aromatic nitrogens is 1. The SMILES string of the molecule is CNS(=O)(=O)c1ccc(NC(c2ccc(F)cc2)c2ccc(OC)cc2)nc1. The van der Waals surface area contributed by atoms with Crippen molar-refractivity contribution in [2.75, 3.05) is 19.5 Å². The maximum atomic E-state index is 13.4. The number of benzene rings is 2. The van der Waals surface area contributed by atoms with Gasteiger partial charge in [-0.05, 0) is 54.6 Å². The normalized spacial score (nSPS) is 12.4. The molecule has 8 heteroatoms. The molecule has 1 unspecified atom stereocenters. The minimum absolute atomic E-state index is 0.0725. The van der Waals surface area contributed by atoms with Crippen LogP contribution in [0.3, 0.4) is 0 Å². The number of pyridine rings is 1. The van der Waals surface area contributed by atoms with E-state index in [4.69, 9.17) is 4.74 Å². The Kier molecular flexibility index (Phi) is 5.91. The van der Waals surface area contributed by atoms with E-state index in [2.05, 4.69) is 15.0 Å². The fourth-order valence-electron chi connectivity index (χ4n) is 2.70. The van der Waals surface area contributed by atoms with Gasteiger partial charge in [0.15, 0.2) is 0 Å². The standard InChI is InChI=1S/C20H20FN3O3S/c1-22-28(25,26)18-11-12-19(23-13-18)24-20(14-3-7-16(21)8-4-14)15-5-9-17(27-2)10-6-15/h3-13,20,22H,1-2H3,(H,23,24). The van der Waals surface area contributed by atoms with Crippen molar-refractivity contribution < 1.29 is 17.5 Å². The lowest BCUT2D eigenvalue weighted by Crippen LogP contribution is -2.19. The van der Waals surface area contributed by atoms with Crippen LogP contribution in [0.15, 0.2) is 71.8 Å². The molecule has 2 aromatic carbocycles. The molecule has 0 spiro atoms. The summed E-state index contributed by atoms with van der Waals surface area (Å²) in [7, 11) is -0.620. The Balaban J connectivity index is 1.93. The monoisotopic (exact) mass is 401 g/mol. The van der Waals surface area contributed by atoms with Gasteiger partial charge in [0.25, 0.3) is 0 Å². The summed E-state index contributed by atoms with van der Waals surface area (Å²) in [5, 5.41) is 3.28. The Morgan fingerprint density at radius 1 is 0.964 bits per heavy atom. The van der Waals surface area contributed by atoms with Gasteiger partial charge in [0.1, 0.15) is 22.3 Å². The van der Waals surface area contributed by atoms with Gasteiger partial charge >= 0.3 is 0 Å². The van der Waals surface area contributed by atoms with E-state index < -0.39 is 10.0 Å². The predicted molar refractivity (Wildman–Crippen MR) is 105 cm³/mol. The number of nitrogens with one attached hydrogen (secondary N) is 2. The first-order valence-electron chi connectivity index (χ1n) is 8.48. The van der Waals surface area contributed by atoms with Gasteiger partial charge in [-0.1, -0.05) is 24.3 Å². The van der Waals surface area contributed by atoms with E-state index in [-0.39, 0.29) is 16.8 Å². The second-order valence-electron chi connectivity index (χ2n) is 5.99. The highest BCUT2D eigenvalue weighted by Crippen LogP contribution is 2.28. The molecule has 0 radical (unpaired) electrons. The Morgan fingerprint density at radius 3 is 2.07 bits per heavy atom. The van der Waals surface area contributed by atoms with Crippen LogP contribution in [0.5, 0.6) is 5.75 Å². The van der Waals surface area contributed by atoms with Gasteiger partial charge in [0.05, 0.1) is 13.2 Å². The van der Waals surface area contributed by atoms with E-state index in [1.165, 1.54) is 31.4 Å². The van der Waals surface area contributed by atoms with Crippen molar-refractivity contribution in [1.82, 2.24) is 9.71 Å². The number of halogens is 1. The van der Waals surface area contributed by atoms with Gasteiger partial charge < -0.3 is 10.1 Å². The zero-order valence-electron chi connectivity index (χ0n) is 15.4. The molecule has 1 aromatic heterocycles. The Hall–Kier alpha value is -2.97. The van der Waals surface area contributed by atoms with E-state index in [0.717, 1.165) is 16.9 Å². The molecule has 1 heterocycles. The summed E-state index contributed by atoms with van der Waals surface area (Å²) in [5.41, 5.74) is 1.75. The highest BCUT2D eigenvalue weighted by molar-refractivity contribution is 7.89. The molecule has 6 nitrogen and oxygen atoms in total. The maximum Gasteiger partial charge on any atom is 0.241 e. The Morgan fingerprint density at radius 2 is 1.57 bits per heavy atom. The summed E-state index contributed by atoms with van der Waals surface area (Å²) >= 11 is 0. The number of hydrogen-bond donors (Lipinski definition) is 2. The lowest BCUT2D eigenvalue weighted by molar-refractivity contribution is 0.414. The Bertz CT molecular complexity index is 1020. The molecule has 0 aliphatic carbocycles. The third-order valence-corrected chi connectivity index (χ3v) is 5.66. The first-order chi connectivity index (χ1) is 13.4. The second kappa shape index (κ2) is 8.37.